The minimum Gasteiger partial charge on any atom is -0.456 e. The number of aryl methyl sites for hydroxylation is 3. The molecular weight excluding hydrogens is 455 g/mol. The molecule has 1 N–H and O–H groups in total. The highest BCUT2D eigenvalue weighted by molar-refractivity contribution is 7.95. The number of rotatable bonds is 6. The molecule has 4 aromatic rings. The van der Waals surface area contributed by atoms with Crippen LogP contribution < -0.4 is 15.0 Å². The van der Waals surface area contributed by atoms with Gasteiger partial charge in [0.2, 0.25) is 0 Å². The quantitative estimate of drug-likeness (QED) is 0.389. The maximum absolute atomic E-state index is 13.9. The van der Waals surface area contributed by atoms with Crippen LogP contribution in [-0.4, -0.2) is 13.0 Å². The second-order valence-corrected chi connectivity index (χ2v) is 9.60. The highest BCUT2D eigenvalue weighted by atomic mass is 32.2. The van der Waals surface area contributed by atoms with Crippen LogP contribution >= 0.6 is 0 Å². The lowest BCUT2D eigenvalue weighted by atomic mass is 9.98. The number of halogens is 1. The highest BCUT2D eigenvalue weighted by Gasteiger charge is 2.21. The zero-order chi connectivity index (χ0) is 24.6. The summed E-state index contributed by atoms with van der Waals surface area (Å²) in [5.41, 5.74) is 2.27. The van der Waals surface area contributed by atoms with Crippen molar-refractivity contribution >= 4 is 26.5 Å². The average molecular weight is 479 g/mol. The molecule has 4 rings (SSSR count). The molecule has 1 aromatic heterocycles. The molecule has 0 bridgehead atoms. The van der Waals surface area contributed by atoms with E-state index in [0.717, 1.165) is 5.41 Å². The van der Waals surface area contributed by atoms with Crippen molar-refractivity contribution in [1.29, 1.82) is 0 Å². The van der Waals surface area contributed by atoms with Gasteiger partial charge in [-0.1, -0.05) is 30.8 Å². The van der Waals surface area contributed by atoms with E-state index in [0.29, 0.717) is 44.5 Å². The number of sulfonamides is 1. The molecule has 0 atom stereocenters. The molecule has 34 heavy (non-hydrogen) atoms. The number of benzene rings is 3. The first kappa shape index (κ1) is 23.3. The van der Waals surface area contributed by atoms with Crippen LogP contribution in [0.2, 0.25) is 0 Å². The average Bonchev–Trinajstić information content (AvgIpc) is 2.79. The third kappa shape index (κ3) is 4.32. The van der Waals surface area contributed by atoms with Crippen LogP contribution in [-0.2, 0) is 17.1 Å². The lowest BCUT2D eigenvalue weighted by molar-refractivity contribution is 0.474. The second kappa shape index (κ2) is 8.79. The number of anilines is 1. The van der Waals surface area contributed by atoms with Gasteiger partial charge >= 0.3 is 0 Å². The van der Waals surface area contributed by atoms with Gasteiger partial charge in [0.05, 0.1) is 11.3 Å². The van der Waals surface area contributed by atoms with Crippen LogP contribution in [0.1, 0.15) is 11.1 Å². The first-order chi connectivity index (χ1) is 16.1. The molecule has 0 saturated carbocycles. The van der Waals surface area contributed by atoms with Crippen molar-refractivity contribution in [2.24, 2.45) is 7.05 Å². The fourth-order valence-electron chi connectivity index (χ4n) is 3.96. The molecule has 0 aliphatic heterocycles. The number of pyridine rings is 1. The van der Waals surface area contributed by atoms with Gasteiger partial charge in [0.1, 0.15) is 17.3 Å². The van der Waals surface area contributed by atoms with E-state index in [9.17, 15) is 17.6 Å². The van der Waals surface area contributed by atoms with Crippen molar-refractivity contribution in [3.8, 4) is 22.6 Å². The van der Waals surface area contributed by atoms with Crippen molar-refractivity contribution in [2.75, 3.05) is 4.72 Å². The molecule has 0 amide bonds. The van der Waals surface area contributed by atoms with Crippen LogP contribution in [0.25, 0.3) is 21.9 Å². The third-order valence-corrected chi connectivity index (χ3v) is 6.44. The van der Waals surface area contributed by atoms with Gasteiger partial charge in [-0.05, 0) is 60.7 Å². The Morgan fingerprint density at radius 1 is 1.03 bits per heavy atom. The zero-order valence-corrected chi connectivity index (χ0v) is 19.7. The lowest BCUT2D eigenvalue weighted by Gasteiger charge is -2.20. The first-order valence-corrected chi connectivity index (χ1v) is 12.0. The number of aromatic nitrogens is 1. The summed E-state index contributed by atoms with van der Waals surface area (Å²) in [5.74, 6) is 0.422. The summed E-state index contributed by atoms with van der Waals surface area (Å²) in [6, 6.07) is 14.8. The Labute approximate surface area is 197 Å². The van der Waals surface area contributed by atoms with E-state index in [1.165, 1.54) is 16.7 Å². The molecule has 8 heteroatoms. The Hall–Kier alpha value is -3.91. The van der Waals surface area contributed by atoms with Crippen molar-refractivity contribution in [3.63, 3.8) is 0 Å². The van der Waals surface area contributed by atoms with Crippen LogP contribution in [0.5, 0.6) is 11.5 Å². The smallest absolute Gasteiger partial charge is 0.258 e. The van der Waals surface area contributed by atoms with Gasteiger partial charge in [0.15, 0.2) is 0 Å². The SMILES string of the molecule is C=CS(=O)(=O)Nc1cccc(Oc2c(C)cc(F)cc2C)c1-c1cn(C)c(=O)c2ccccc12. The van der Waals surface area contributed by atoms with E-state index in [1.54, 1.807) is 69.6 Å². The molecule has 1 heterocycles. The van der Waals surface area contributed by atoms with Crippen molar-refractivity contribution in [2.45, 2.75) is 13.8 Å². The molecule has 0 saturated heterocycles. The lowest BCUT2D eigenvalue weighted by Crippen LogP contribution is -2.17. The minimum atomic E-state index is -3.85. The van der Waals surface area contributed by atoms with Gasteiger partial charge in [-0.25, -0.2) is 12.8 Å². The van der Waals surface area contributed by atoms with Crippen molar-refractivity contribution < 1.29 is 17.5 Å². The Kier molecular flexibility index (Phi) is 6.01. The molecule has 3 aromatic carbocycles. The Balaban J connectivity index is 2.05. The van der Waals surface area contributed by atoms with E-state index in [2.05, 4.69) is 11.3 Å². The van der Waals surface area contributed by atoms with E-state index >= 15 is 0 Å². The largest absolute Gasteiger partial charge is 0.456 e. The van der Waals surface area contributed by atoms with Crippen molar-refractivity contribution in [3.05, 3.63) is 100 Å². The van der Waals surface area contributed by atoms with Gasteiger partial charge in [0, 0.05) is 29.6 Å². The predicted octanol–water partition coefficient (Wildman–Crippen LogP) is 5.64. The molecule has 0 unspecified atom stereocenters. The number of ether oxygens (including phenoxy) is 1. The van der Waals surface area contributed by atoms with Gasteiger partial charge in [0.25, 0.3) is 15.6 Å². The topological polar surface area (TPSA) is 77.4 Å². The Bertz CT molecular complexity index is 1580. The van der Waals surface area contributed by atoms with E-state index < -0.39 is 10.0 Å². The number of nitrogens with zero attached hydrogens (tertiary/aromatic N) is 1. The first-order valence-electron chi connectivity index (χ1n) is 10.4. The molecular formula is C26H23FN2O4S. The maximum atomic E-state index is 13.9. The van der Waals surface area contributed by atoms with Gasteiger partial charge in [-0.3, -0.25) is 9.52 Å². The summed E-state index contributed by atoms with van der Waals surface area (Å²) in [7, 11) is -2.22. The van der Waals surface area contributed by atoms with E-state index in [4.69, 9.17) is 4.74 Å². The molecule has 0 fully saturated rings. The number of nitrogens with one attached hydrogen (secondary N) is 1. The monoisotopic (exact) mass is 478 g/mol. The van der Waals surface area contributed by atoms with Gasteiger partial charge in [-0.2, -0.15) is 0 Å². The molecule has 0 aliphatic carbocycles. The fourth-order valence-corrected chi connectivity index (χ4v) is 4.52. The van der Waals surface area contributed by atoms with Crippen LogP contribution in [0, 0.1) is 19.7 Å². The number of hydrogen-bond acceptors (Lipinski definition) is 4. The molecule has 0 aliphatic rings. The normalized spacial score (nSPS) is 11.4. The molecule has 6 nitrogen and oxygen atoms in total. The summed E-state index contributed by atoms with van der Waals surface area (Å²) in [6.45, 7) is 6.83. The van der Waals surface area contributed by atoms with Crippen molar-refractivity contribution in [1.82, 2.24) is 4.57 Å². The minimum absolute atomic E-state index is 0.184. The summed E-state index contributed by atoms with van der Waals surface area (Å²) in [5, 5.41) is 1.93. The van der Waals surface area contributed by atoms with E-state index in [-0.39, 0.29) is 17.1 Å². The maximum Gasteiger partial charge on any atom is 0.258 e. The van der Waals surface area contributed by atoms with Gasteiger partial charge in [-0.15, -0.1) is 0 Å². The molecule has 0 spiro atoms. The molecule has 0 radical (unpaired) electrons. The predicted molar refractivity (Wildman–Crippen MR) is 133 cm³/mol. The fraction of sp³-hybridized carbons (Fsp3) is 0.115. The van der Waals surface area contributed by atoms with E-state index in [1.807, 2.05) is 0 Å². The van der Waals surface area contributed by atoms with Gasteiger partial charge < -0.3 is 9.30 Å². The summed E-state index contributed by atoms with van der Waals surface area (Å²) in [6.07, 6.45) is 1.64. The Morgan fingerprint density at radius 3 is 2.32 bits per heavy atom. The summed E-state index contributed by atoms with van der Waals surface area (Å²) in [4.78, 5) is 12.7. The molecule has 174 valence electrons. The zero-order valence-electron chi connectivity index (χ0n) is 18.9. The highest BCUT2D eigenvalue weighted by Crippen LogP contribution is 2.43. The van der Waals surface area contributed by atoms with Crippen LogP contribution in [0.15, 0.2) is 77.6 Å². The third-order valence-electron chi connectivity index (χ3n) is 5.50. The number of fused-ring (bicyclic) bond motifs is 1. The van der Waals surface area contributed by atoms with Crippen LogP contribution in [0.3, 0.4) is 0 Å². The van der Waals surface area contributed by atoms with Crippen LogP contribution in [0.4, 0.5) is 10.1 Å². The second-order valence-electron chi connectivity index (χ2n) is 7.97. The standard InChI is InChI=1S/C26H23FN2O4S/c1-5-34(31,32)28-22-11-8-12-23(33-25-16(2)13-18(27)14-17(25)3)24(22)21-15-29(4)26(30)20-10-7-6-9-19(20)21/h5-15,28H,1H2,2-4H3. The summed E-state index contributed by atoms with van der Waals surface area (Å²) < 4.78 is 48.9. The Morgan fingerprint density at radius 2 is 1.68 bits per heavy atom. The number of hydrogen-bond donors (Lipinski definition) is 1. The summed E-state index contributed by atoms with van der Waals surface area (Å²) >= 11 is 0.